The van der Waals surface area contributed by atoms with Crippen LogP contribution in [0.2, 0.25) is 0 Å². The lowest BCUT2D eigenvalue weighted by Crippen LogP contribution is -2.41. The van der Waals surface area contributed by atoms with Crippen LogP contribution in [0.3, 0.4) is 0 Å². The minimum atomic E-state index is -4.63. The van der Waals surface area contributed by atoms with E-state index in [1.807, 2.05) is 0 Å². The van der Waals surface area contributed by atoms with Gasteiger partial charge < -0.3 is 5.11 Å². The fourth-order valence-corrected chi connectivity index (χ4v) is 2.91. The minimum absolute atomic E-state index is 0.0418. The summed E-state index contributed by atoms with van der Waals surface area (Å²) >= 11 is 0. The van der Waals surface area contributed by atoms with Crippen molar-refractivity contribution in [3.63, 3.8) is 0 Å². The first-order valence-corrected chi connectivity index (χ1v) is 7.43. The molecule has 0 aliphatic rings. The van der Waals surface area contributed by atoms with Crippen molar-refractivity contribution in [2.75, 3.05) is 0 Å². The highest BCUT2D eigenvalue weighted by Crippen LogP contribution is 2.20. The second-order valence-corrected chi connectivity index (χ2v) is 6.50. The Labute approximate surface area is 119 Å². The zero-order chi connectivity index (χ0) is 16.4. The normalized spacial score (nSPS) is 13.4. The van der Waals surface area contributed by atoms with Crippen LogP contribution in [0.5, 0.6) is 0 Å². The zero-order valence-electron chi connectivity index (χ0n) is 11.2. The monoisotopic (exact) mass is 325 g/mol. The predicted octanol–water partition coefficient (Wildman–Crippen LogP) is 1.88. The second kappa shape index (κ2) is 6.44. The molecule has 118 valence electrons. The molecule has 5 nitrogen and oxygen atoms in total. The van der Waals surface area contributed by atoms with Crippen LogP contribution in [0.25, 0.3) is 0 Å². The Hall–Kier alpha value is -1.61. The number of aliphatic carboxylic acids is 1. The van der Waals surface area contributed by atoms with Crippen LogP contribution in [0.4, 0.5) is 13.2 Å². The number of carboxylic acid groups (broad SMARTS) is 1. The summed E-state index contributed by atoms with van der Waals surface area (Å²) in [5.41, 5.74) is 0. The highest BCUT2D eigenvalue weighted by molar-refractivity contribution is 7.89. The van der Waals surface area contributed by atoms with Gasteiger partial charge in [0.2, 0.25) is 10.0 Å². The number of nitrogens with one attached hydrogen (secondary N) is 1. The van der Waals surface area contributed by atoms with Gasteiger partial charge in [-0.2, -0.15) is 4.72 Å². The van der Waals surface area contributed by atoms with Gasteiger partial charge in [-0.15, -0.1) is 0 Å². The number of carbonyl (C=O) groups is 1. The molecule has 2 N–H and O–H groups in total. The van der Waals surface area contributed by atoms with Gasteiger partial charge in [0, 0.05) is 0 Å². The lowest BCUT2D eigenvalue weighted by atomic mass is 10.1. The Balaban J connectivity index is 3.17. The van der Waals surface area contributed by atoms with Gasteiger partial charge in [-0.05, 0) is 24.5 Å². The van der Waals surface area contributed by atoms with Crippen LogP contribution in [-0.2, 0) is 14.8 Å². The van der Waals surface area contributed by atoms with Gasteiger partial charge in [0.25, 0.3) is 0 Å². The maximum Gasteiger partial charge on any atom is 0.321 e. The molecule has 1 atom stereocenters. The predicted molar refractivity (Wildman–Crippen MR) is 67.5 cm³/mol. The van der Waals surface area contributed by atoms with E-state index in [9.17, 15) is 26.4 Å². The van der Waals surface area contributed by atoms with Crippen molar-refractivity contribution in [1.82, 2.24) is 4.72 Å². The lowest BCUT2D eigenvalue weighted by Gasteiger charge is -2.17. The fraction of sp³-hybridized carbons (Fsp3) is 0.417. The Kier molecular flexibility index (Phi) is 5.35. The Morgan fingerprint density at radius 2 is 1.81 bits per heavy atom. The van der Waals surface area contributed by atoms with Gasteiger partial charge in [-0.25, -0.2) is 21.6 Å². The Morgan fingerprint density at radius 3 is 2.29 bits per heavy atom. The molecule has 0 saturated heterocycles. The molecule has 0 saturated carbocycles. The van der Waals surface area contributed by atoms with Crippen molar-refractivity contribution in [3.05, 3.63) is 29.6 Å². The molecule has 0 heterocycles. The second-order valence-electron chi connectivity index (χ2n) is 4.82. The molecule has 0 aliphatic heterocycles. The molecule has 0 fully saturated rings. The third-order valence-electron chi connectivity index (χ3n) is 2.59. The topological polar surface area (TPSA) is 83.5 Å². The molecule has 9 heteroatoms. The third-order valence-corrected chi connectivity index (χ3v) is 4.08. The van der Waals surface area contributed by atoms with Crippen LogP contribution in [0.1, 0.15) is 20.3 Å². The van der Waals surface area contributed by atoms with Crippen molar-refractivity contribution in [2.24, 2.45) is 5.92 Å². The summed E-state index contributed by atoms with van der Waals surface area (Å²) in [4.78, 5) is 9.85. The standard InChI is InChI=1S/C12H14F3NO4S/c1-6(2)5-8(12(17)18)16-21(19,20)9-4-3-7(13)10(14)11(9)15/h3-4,6,8,16H,5H2,1-2H3,(H,17,18)/t8-/m0/s1. The molecule has 21 heavy (non-hydrogen) atoms. The number of hydrogen-bond donors (Lipinski definition) is 2. The average Bonchev–Trinajstić information content (AvgIpc) is 2.33. The van der Waals surface area contributed by atoms with Crippen LogP contribution in [0.15, 0.2) is 17.0 Å². The lowest BCUT2D eigenvalue weighted by molar-refractivity contribution is -0.139. The molecular formula is C12H14F3NO4S. The van der Waals surface area contributed by atoms with Gasteiger partial charge >= 0.3 is 5.97 Å². The van der Waals surface area contributed by atoms with Crippen molar-refractivity contribution in [2.45, 2.75) is 31.2 Å². The van der Waals surface area contributed by atoms with E-state index < -0.39 is 44.4 Å². The number of halogens is 3. The molecule has 0 radical (unpaired) electrons. The van der Waals surface area contributed by atoms with Crippen molar-refractivity contribution in [3.8, 4) is 0 Å². The third kappa shape index (κ3) is 4.18. The molecule has 0 bridgehead atoms. The van der Waals surface area contributed by atoms with E-state index in [1.165, 1.54) is 0 Å². The van der Waals surface area contributed by atoms with Gasteiger partial charge in [-0.3, -0.25) is 4.79 Å². The largest absolute Gasteiger partial charge is 0.480 e. The number of hydrogen-bond acceptors (Lipinski definition) is 3. The van der Waals surface area contributed by atoms with Crippen LogP contribution in [-0.4, -0.2) is 25.5 Å². The summed E-state index contributed by atoms with van der Waals surface area (Å²) in [5.74, 6) is -6.97. The summed E-state index contributed by atoms with van der Waals surface area (Å²) in [5, 5.41) is 8.95. The van der Waals surface area contributed by atoms with Crippen molar-refractivity contribution in [1.29, 1.82) is 0 Å². The van der Waals surface area contributed by atoms with Gasteiger partial charge in [0.15, 0.2) is 17.5 Å². The fourth-order valence-electron chi connectivity index (χ4n) is 1.64. The maximum absolute atomic E-state index is 13.5. The van der Waals surface area contributed by atoms with Crippen LogP contribution >= 0.6 is 0 Å². The summed E-state index contributed by atoms with van der Waals surface area (Å²) in [6.07, 6.45) is -0.0418. The smallest absolute Gasteiger partial charge is 0.321 e. The minimum Gasteiger partial charge on any atom is -0.480 e. The van der Waals surface area contributed by atoms with Gasteiger partial charge in [0.05, 0.1) is 0 Å². The highest BCUT2D eigenvalue weighted by Gasteiger charge is 2.29. The summed E-state index contributed by atoms with van der Waals surface area (Å²) in [7, 11) is -4.63. The molecule has 0 amide bonds. The highest BCUT2D eigenvalue weighted by atomic mass is 32.2. The number of rotatable bonds is 6. The van der Waals surface area contributed by atoms with Gasteiger partial charge in [0.1, 0.15) is 10.9 Å². The first-order valence-electron chi connectivity index (χ1n) is 5.95. The molecular weight excluding hydrogens is 311 g/mol. The maximum atomic E-state index is 13.5. The van der Waals surface area contributed by atoms with E-state index in [2.05, 4.69) is 0 Å². The van der Waals surface area contributed by atoms with E-state index in [4.69, 9.17) is 5.11 Å². The molecule has 1 aromatic carbocycles. The molecule has 0 spiro atoms. The summed E-state index contributed by atoms with van der Waals surface area (Å²) < 4.78 is 64.9. The summed E-state index contributed by atoms with van der Waals surface area (Å²) in [6, 6.07) is -0.516. The van der Waals surface area contributed by atoms with Crippen LogP contribution < -0.4 is 4.72 Å². The van der Waals surface area contributed by atoms with E-state index in [0.29, 0.717) is 12.1 Å². The molecule has 0 aliphatic carbocycles. The Morgan fingerprint density at radius 1 is 1.24 bits per heavy atom. The van der Waals surface area contributed by atoms with Crippen molar-refractivity contribution >= 4 is 16.0 Å². The molecule has 0 unspecified atom stereocenters. The molecule has 0 aromatic heterocycles. The first-order chi connectivity index (χ1) is 9.56. The van der Waals surface area contributed by atoms with E-state index in [0.717, 1.165) is 0 Å². The molecule has 1 rings (SSSR count). The number of sulfonamides is 1. The zero-order valence-corrected chi connectivity index (χ0v) is 12.0. The average molecular weight is 325 g/mol. The molecule has 1 aromatic rings. The van der Waals surface area contributed by atoms with E-state index >= 15 is 0 Å². The van der Waals surface area contributed by atoms with E-state index in [1.54, 1.807) is 18.6 Å². The number of carboxylic acids is 1. The van der Waals surface area contributed by atoms with Gasteiger partial charge in [-0.1, -0.05) is 13.8 Å². The Bertz CT molecular complexity index is 646. The van der Waals surface area contributed by atoms with Crippen molar-refractivity contribution < 1.29 is 31.5 Å². The number of benzene rings is 1. The van der Waals surface area contributed by atoms with Crippen LogP contribution in [0, 0.1) is 23.4 Å². The quantitative estimate of drug-likeness (QED) is 0.782. The van der Waals surface area contributed by atoms with E-state index in [-0.39, 0.29) is 12.3 Å². The first kappa shape index (κ1) is 17.4. The SMILES string of the molecule is CC(C)C[C@H](NS(=O)(=O)c1ccc(F)c(F)c1F)C(=O)O. The summed E-state index contributed by atoms with van der Waals surface area (Å²) in [6.45, 7) is 3.34.